The van der Waals surface area contributed by atoms with E-state index in [2.05, 4.69) is 10.9 Å². The van der Waals surface area contributed by atoms with Crippen molar-refractivity contribution in [2.75, 3.05) is 27.4 Å². The maximum atomic E-state index is 12.7. The van der Waals surface area contributed by atoms with Crippen molar-refractivity contribution >= 4 is 0 Å². The Morgan fingerprint density at radius 3 is 2.05 bits per heavy atom. The molecule has 1 aliphatic heterocycles. The van der Waals surface area contributed by atoms with Crippen LogP contribution in [0, 0.1) is 19.3 Å². The third-order valence-corrected chi connectivity index (χ3v) is 7.73. The van der Waals surface area contributed by atoms with E-state index in [4.69, 9.17) is 30.1 Å². The Morgan fingerprint density at radius 2 is 1.50 bits per heavy atom. The normalized spacial score (nSPS) is 19.8. The topological polar surface area (TPSA) is 121 Å². The molecule has 2 heterocycles. The summed E-state index contributed by atoms with van der Waals surface area (Å²) in [4.78, 5) is 27.0. The molecule has 10 nitrogen and oxygen atoms in total. The highest BCUT2D eigenvalue weighted by Gasteiger charge is 2.48. The van der Waals surface area contributed by atoms with Crippen molar-refractivity contribution in [2.24, 2.45) is 0 Å². The lowest BCUT2D eigenvalue weighted by Gasteiger charge is -2.37. The molecule has 0 unspecified atom stereocenters. The number of rotatable bonds is 11. The summed E-state index contributed by atoms with van der Waals surface area (Å²) in [5.74, 6) is 3.78. The van der Waals surface area contributed by atoms with Gasteiger partial charge in [0.1, 0.15) is 42.0 Å². The molecule has 0 bridgehead atoms. The molecule has 44 heavy (non-hydrogen) atoms. The van der Waals surface area contributed by atoms with E-state index in [-0.39, 0.29) is 18.8 Å². The van der Waals surface area contributed by atoms with Crippen LogP contribution in [0.3, 0.4) is 0 Å². The minimum absolute atomic E-state index is 0.0766. The molecule has 1 fully saturated rings. The smallest absolute Gasteiger partial charge is 0.330 e. The van der Waals surface area contributed by atoms with Crippen LogP contribution < -0.4 is 20.7 Å². The Hall–Kier alpha value is -4.66. The largest absolute Gasteiger partial charge is 0.497 e. The van der Waals surface area contributed by atoms with Crippen LogP contribution in [-0.4, -0.2) is 60.4 Å². The zero-order valence-electron chi connectivity index (χ0n) is 24.6. The van der Waals surface area contributed by atoms with Crippen molar-refractivity contribution in [2.45, 2.75) is 37.1 Å². The number of nitrogens with zero attached hydrogens (tertiary/aromatic N) is 1. The van der Waals surface area contributed by atoms with Gasteiger partial charge in [0.05, 0.1) is 20.8 Å². The minimum Gasteiger partial charge on any atom is -0.497 e. The Bertz CT molecular complexity index is 1660. The molecule has 0 aliphatic carbocycles. The van der Waals surface area contributed by atoms with E-state index >= 15 is 0 Å². The van der Waals surface area contributed by atoms with Gasteiger partial charge in [0.15, 0.2) is 6.23 Å². The highest BCUT2D eigenvalue weighted by atomic mass is 16.6. The summed E-state index contributed by atoms with van der Waals surface area (Å²) in [5.41, 5.74) is 0.315. The summed E-state index contributed by atoms with van der Waals surface area (Å²) >= 11 is 0. The van der Waals surface area contributed by atoms with Gasteiger partial charge in [-0.1, -0.05) is 60.5 Å². The highest BCUT2D eigenvalue weighted by Crippen LogP contribution is 2.43. The molecule has 10 heteroatoms. The van der Waals surface area contributed by atoms with Crippen LogP contribution in [0.5, 0.6) is 11.5 Å². The van der Waals surface area contributed by atoms with E-state index in [1.165, 1.54) is 6.20 Å². The second kappa shape index (κ2) is 13.3. The first-order valence-electron chi connectivity index (χ1n) is 14.0. The Morgan fingerprint density at radius 1 is 0.932 bits per heavy atom. The van der Waals surface area contributed by atoms with E-state index in [0.29, 0.717) is 11.5 Å². The highest BCUT2D eigenvalue weighted by molar-refractivity contribution is 5.49. The lowest BCUT2D eigenvalue weighted by molar-refractivity contribution is -0.102. The number of nitrogens with one attached hydrogen (secondary N) is 1. The molecule has 0 saturated carbocycles. The van der Waals surface area contributed by atoms with E-state index in [0.717, 1.165) is 21.3 Å². The van der Waals surface area contributed by atoms with Crippen LogP contribution in [0.15, 0.2) is 94.6 Å². The Balaban J connectivity index is 1.59. The standard InChI is InChI=1S/C34H34N2O8/c1-5-19-42-30-28(44-32(29(30)37)36-20-22(2)31(38)35-33(36)39)21-43-34(23-9-7-6-8-10-23,24-11-15-26(40-3)16-12-24)25-13-17-27(41-4)18-14-25/h1,6-18,20,28-30,32,37H,19,21H2,2-4H3,(H,35,38,39)/t28-,29-,30-,32-/m1/s1. The second-order valence-electron chi connectivity index (χ2n) is 10.3. The summed E-state index contributed by atoms with van der Waals surface area (Å²) < 4.78 is 31.0. The van der Waals surface area contributed by atoms with Gasteiger partial charge in [0.2, 0.25) is 0 Å². The van der Waals surface area contributed by atoms with Crippen molar-refractivity contribution in [1.82, 2.24) is 9.55 Å². The number of hydrogen-bond donors (Lipinski definition) is 2. The molecule has 2 N–H and O–H groups in total. The summed E-state index contributed by atoms with van der Waals surface area (Å²) in [6, 6.07) is 24.9. The Labute approximate surface area is 254 Å². The molecule has 4 atom stereocenters. The maximum Gasteiger partial charge on any atom is 0.330 e. The van der Waals surface area contributed by atoms with Gasteiger partial charge in [-0.3, -0.25) is 14.3 Å². The molecular formula is C34H34N2O8. The van der Waals surface area contributed by atoms with Gasteiger partial charge in [-0.05, 0) is 47.9 Å². The van der Waals surface area contributed by atoms with Gasteiger partial charge >= 0.3 is 5.69 Å². The molecule has 0 spiro atoms. The number of aliphatic hydroxyl groups excluding tert-OH is 1. The van der Waals surface area contributed by atoms with Crippen LogP contribution in [0.1, 0.15) is 28.5 Å². The maximum absolute atomic E-state index is 12.7. The van der Waals surface area contributed by atoms with Gasteiger partial charge in [0.25, 0.3) is 5.56 Å². The predicted octanol–water partition coefficient (Wildman–Crippen LogP) is 3.15. The molecule has 1 aliphatic rings. The fraction of sp³-hybridized carbons (Fsp3) is 0.294. The SMILES string of the molecule is C#CCO[C@H]1[C@@H](O)[C@H](n2cc(C)c(=O)[nH]c2=O)O[C@@H]1COC(c1ccccc1)(c1ccc(OC)cc1)c1ccc(OC)cc1. The van der Waals surface area contributed by atoms with Crippen LogP contribution >= 0.6 is 0 Å². The van der Waals surface area contributed by atoms with Gasteiger partial charge < -0.3 is 28.8 Å². The van der Waals surface area contributed by atoms with E-state index < -0.39 is 41.4 Å². The number of aromatic amines is 1. The van der Waals surface area contributed by atoms with Crippen molar-refractivity contribution < 1.29 is 28.8 Å². The zero-order valence-corrected chi connectivity index (χ0v) is 24.6. The molecule has 1 saturated heterocycles. The number of aromatic nitrogens is 2. The number of H-pyrrole nitrogens is 1. The predicted molar refractivity (Wildman–Crippen MR) is 163 cm³/mol. The summed E-state index contributed by atoms with van der Waals surface area (Å²) in [7, 11) is 3.20. The van der Waals surface area contributed by atoms with Gasteiger partial charge in [-0.15, -0.1) is 6.42 Å². The van der Waals surface area contributed by atoms with Gasteiger partial charge in [-0.25, -0.2) is 4.79 Å². The third-order valence-electron chi connectivity index (χ3n) is 7.73. The number of hydrogen-bond acceptors (Lipinski definition) is 8. The number of aliphatic hydroxyl groups is 1. The van der Waals surface area contributed by atoms with E-state index in [9.17, 15) is 14.7 Å². The van der Waals surface area contributed by atoms with E-state index in [1.807, 2.05) is 78.9 Å². The Kier molecular flexibility index (Phi) is 9.32. The molecule has 3 aromatic carbocycles. The molecule has 0 radical (unpaired) electrons. The first-order valence-corrected chi connectivity index (χ1v) is 14.0. The zero-order chi connectivity index (χ0) is 31.3. The lowest BCUT2D eigenvalue weighted by Crippen LogP contribution is -2.41. The average molecular weight is 599 g/mol. The van der Waals surface area contributed by atoms with Crippen molar-refractivity contribution in [3.05, 3.63) is 128 Å². The number of aryl methyl sites for hydroxylation is 1. The number of ether oxygens (including phenoxy) is 5. The first kappa shape index (κ1) is 30.8. The van der Waals surface area contributed by atoms with Crippen molar-refractivity contribution in [3.63, 3.8) is 0 Å². The lowest BCUT2D eigenvalue weighted by atomic mass is 9.80. The van der Waals surface area contributed by atoms with Gasteiger partial charge in [-0.2, -0.15) is 0 Å². The van der Waals surface area contributed by atoms with Gasteiger partial charge in [0, 0.05) is 11.8 Å². The number of methoxy groups -OCH3 is 2. The molecule has 0 amide bonds. The summed E-state index contributed by atoms with van der Waals surface area (Å²) in [6.45, 7) is 1.38. The third kappa shape index (κ3) is 5.91. The average Bonchev–Trinajstić information content (AvgIpc) is 3.37. The quantitative estimate of drug-likeness (QED) is 0.200. The minimum atomic E-state index is -1.30. The summed E-state index contributed by atoms with van der Waals surface area (Å²) in [5, 5.41) is 11.3. The molecule has 5 rings (SSSR count). The number of benzene rings is 3. The van der Waals surface area contributed by atoms with E-state index in [1.54, 1.807) is 21.1 Å². The molecule has 228 valence electrons. The van der Waals surface area contributed by atoms with Crippen molar-refractivity contribution in [3.8, 4) is 23.8 Å². The monoisotopic (exact) mass is 598 g/mol. The second-order valence-corrected chi connectivity index (χ2v) is 10.3. The van der Waals surface area contributed by atoms with Crippen LogP contribution in [0.25, 0.3) is 0 Å². The fourth-order valence-corrected chi connectivity index (χ4v) is 5.49. The first-order chi connectivity index (χ1) is 21.3. The molecule has 1 aromatic heterocycles. The molecule has 4 aromatic rings. The van der Waals surface area contributed by atoms with Crippen LogP contribution in [-0.2, 0) is 19.8 Å². The summed E-state index contributed by atoms with van der Waals surface area (Å²) in [6.07, 6.45) is 2.55. The number of terminal acetylenes is 1. The van der Waals surface area contributed by atoms with Crippen molar-refractivity contribution in [1.29, 1.82) is 0 Å². The fourth-order valence-electron chi connectivity index (χ4n) is 5.49. The van der Waals surface area contributed by atoms with Crippen LogP contribution in [0.4, 0.5) is 0 Å². The molecular weight excluding hydrogens is 564 g/mol. The van der Waals surface area contributed by atoms with Crippen LogP contribution in [0.2, 0.25) is 0 Å².